The van der Waals surface area contributed by atoms with Crippen LogP contribution in [0.1, 0.15) is 0 Å². The maximum atomic E-state index is 4.48. The molecule has 3 rings (SSSR count). The summed E-state index contributed by atoms with van der Waals surface area (Å²) in [7, 11) is 0. The summed E-state index contributed by atoms with van der Waals surface area (Å²) >= 11 is 3.59. The minimum absolute atomic E-state index is 1.04. The van der Waals surface area contributed by atoms with Gasteiger partial charge in [-0.25, -0.2) is 0 Å². The molecule has 0 atom stereocenters. The predicted molar refractivity (Wildman–Crippen MR) is 74.9 cm³/mol. The molecular formula is C15H10BrN. The van der Waals surface area contributed by atoms with Crippen LogP contribution in [-0.2, 0) is 0 Å². The van der Waals surface area contributed by atoms with Crippen LogP contribution in [0.5, 0.6) is 0 Å². The second kappa shape index (κ2) is 4.30. The van der Waals surface area contributed by atoms with E-state index in [0.717, 1.165) is 15.6 Å². The van der Waals surface area contributed by atoms with Gasteiger partial charge in [-0.1, -0.05) is 58.4 Å². The number of para-hydroxylation sites is 1. The lowest BCUT2D eigenvalue weighted by atomic mass is 10.0. The number of aromatic nitrogens is 1. The molecule has 2 heteroatoms. The third-order valence-corrected chi connectivity index (χ3v) is 3.49. The smallest absolute Gasteiger partial charge is 0.0780 e. The van der Waals surface area contributed by atoms with Gasteiger partial charge in [-0.05, 0) is 17.7 Å². The maximum Gasteiger partial charge on any atom is 0.0780 e. The van der Waals surface area contributed by atoms with E-state index in [-0.39, 0.29) is 0 Å². The van der Waals surface area contributed by atoms with Gasteiger partial charge in [-0.15, -0.1) is 0 Å². The van der Waals surface area contributed by atoms with E-state index in [9.17, 15) is 0 Å². The molecule has 0 amide bonds. The topological polar surface area (TPSA) is 12.9 Å². The molecule has 0 saturated heterocycles. The lowest BCUT2D eigenvalue weighted by Crippen LogP contribution is -1.85. The summed E-state index contributed by atoms with van der Waals surface area (Å²) in [5.74, 6) is 0. The van der Waals surface area contributed by atoms with Gasteiger partial charge in [0.15, 0.2) is 0 Å². The zero-order valence-corrected chi connectivity index (χ0v) is 10.7. The first-order chi connectivity index (χ1) is 8.36. The first-order valence-electron chi connectivity index (χ1n) is 5.45. The summed E-state index contributed by atoms with van der Waals surface area (Å²) in [5, 5.41) is 1.17. The Bertz CT molecular complexity index is 671. The van der Waals surface area contributed by atoms with Crippen molar-refractivity contribution in [3.63, 3.8) is 0 Å². The number of hydrogen-bond donors (Lipinski definition) is 0. The minimum Gasteiger partial charge on any atom is -0.256 e. The van der Waals surface area contributed by atoms with Crippen LogP contribution in [-0.4, -0.2) is 4.98 Å². The Labute approximate surface area is 108 Å². The molecule has 82 valence electrons. The van der Waals surface area contributed by atoms with Crippen molar-refractivity contribution in [3.05, 3.63) is 65.3 Å². The van der Waals surface area contributed by atoms with E-state index in [2.05, 4.69) is 57.3 Å². The summed E-state index contributed by atoms with van der Waals surface area (Å²) < 4.78 is 1.10. The summed E-state index contributed by atoms with van der Waals surface area (Å²) in [4.78, 5) is 4.48. The standard InChI is InChI=1S/C15H10BrN/c16-14-9-2-1-7-12(14)13-8-3-5-11-6-4-10-17-15(11)13/h1-10H. The fourth-order valence-corrected chi connectivity index (χ4v) is 2.50. The molecule has 0 fully saturated rings. The summed E-state index contributed by atoms with van der Waals surface area (Å²) in [5.41, 5.74) is 3.38. The molecule has 0 aliphatic rings. The Morgan fingerprint density at radius 2 is 1.53 bits per heavy atom. The highest BCUT2D eigenvalue weighted by Gasteiger charge is 2.06. The number of halogens is 1. The van der Waals surface area contributed by atoms with Gasteiger partial charge < -0.3 is 0 Å². The Hall–Kier alpha value is -1.67. The molecule has 17 heavy (non-hydrogen) atoms. The van der Waals surface area contributed by atoms with E-state index in [0.29, 0.717) is 0 Å². The van der Waals surface area contributed by atoms with Crippen LogP contribution in [0.25, 0.3) is 22.0 Å². The zero-order valence-electron chi connectivity index (χ0n) is 9.10. The van der Waals surface area contributed by atoms with E-state index >= 15 is 0 Å². The van der Waals surface area contributed by atoms with Gasteiger partial charge in [0.05, 0.1) is 5.52 Å². The third-order valence-electron chi connectivity index (χ3n) is 2.80. The van der Waals surface area contributed by atoms with Gasteiger partial charge in [0.1, 0.15) is 0 Å². The highest BCUT2D eigenvalue weighted by atomic mass is 79.9. The molecule has 0 spiro atoms. The Balaban J connectivity index is 2.35. The van der Waals surface area contributed by atoms with Gasteiger partial charge in [-0.3, -0.25) is 4.98 Å². The first kappa shape index (κ1) is 10.5. The van der Waals surface area contributed by atoms with E-state index in [1.807, 2.05) is 24.4 Å². The van der Waals surface area contributed by atoms with E-state index < -0.39 is 0 Å². The van der Waals surface area contributed by atoms with Gasteiger partial charge in [0.25, 0.3) is 0 Å². The third kappa shape index (κ3) is 1.85. The van der Waals surface area contributed by atoms with Crippen molar-refractivity contribution >= 4 is 26.8 Å². The largest absolute Gasteiger partial charge is 0.256 e. The van der Waals surface area contributed by atoms with Crippen molar-refractivity contribution in [1.82, 2.24) is 4.98 Å². The highest BCUT2D eigenvalue weighted by Crippen LogP contribution is 2.32. The normalized spacial score (nSPS) is 10.6. The second-order valence-electron chi connectivity index (χ2n) is 3.86. The Morgan fingerprint density at radius 3 is 2.41 bits per heavy atom. The maximum absolute atomic E-state index is 4.48. The lowest BCUT2D eigenvalue weighted by Gasteiger charge is -2.07. The summed E-state index contributed by atoms with van der Waals surface area (Å²) in [6.07, 6.45) is 1.84. The van der Waals surface area contributed by atoms with Gasteiger partial charge in [0, 0.05) is 21.6 Å². The van der Waals surface area contributed by atoms with Gasteiger partial charge in [-0.2, -0.15) is 0 Å². The van der Waals surface area contributed by atoms with E-state index in [1.54, 1.807) is 0 Å². The fourth-order valence-electron chi connectivity index (χ4n) is 2.00. The molecule has 0 bridgehead atoms. The number of hydrogen-bond acceptors (Lipinski definition) is 1. The number of nitrogens with zero attached hydrogens (tertiary/aromatic N) is 1. The van der Waals surface area contributed by atoms with Crippen molar-refractivity contribution in [2.75, 3.05) is 0 Å². The molecule has 1 heterocycles. The van der Waals surface area contributed by atoms with E-state index in [4.69, 9.17) is 0 Å². The fraction of sp³-hybridized carbons (Fsp3) is 0. The van der Waals surface area contributed by atoms with Crippen LogP contribution in [0.15, 0.2) is 65.3 Å². The summed E-state index contributed by atoms with van der Waals surface area (Å²) in [6.45, 7) is 0. The molecule has 2 aromatic carbocycles. The minimum atomic E-state index is 1.04. The van der Waals surface area contributed by atoms with Gasteiger partial charge >= 0.3 is 0 Å². The van der Waals surface area contributed by atoms with Crippen LogP contribution >= 0.6 is 15.9 Å². The summed E-state index contributed by atoms with van der Waals surface area (Å²) in [6, 6.07) is 18.5. The predicted octanol–water partition coefficient (Wildman–Crippen LogP) is 4.66. The molecular weight excluding hydrogens is 274 g/mol. The molecule has 0 aliphatic carbocycles. The number of fused-ring (bicyclic) bond motifs is 1. The van der Waals surface area contributed by atoms with Gasteiger partial charge in [0.2, 0.25) is 0 Å². The van der Waals surface area contributed by atoms with Crippen molar-refractivity contribution in [2.24, 2.45) is 0 Å². The number of rotatable bonds is 1. The second-order valence-corrected chi connectivity index (χ2v) is 4.71. The molecule has 0 radical (unpaired) electrons. The first-order valence-corrected chi connectivity index (χ1v) is 6.24. The average Bonchev–Trinajstić information content (AvgIpc) is 2.39. The van der Waals surface area contributed by atoms with Crippen molar-refractivity contribution < 1.29 is 0 Å². The molecule has 0 N–H and O–H groups in total. The average molecular weight is 284 g/mol. The van der Waals surface area contributed by atoms with Crippen LogP contribution in [0.3, 0.4) is 0 Å². The molecule has 3 aromatic rings. The van der Waals surface area contributed by atoms with E-state index in [1.165, 1.54) is 10.9 Å². The van der Waals surface area contributed by atoms with Crippen LogP contribution in [0.2, 0.25) is 0 Å². The number of benzene rings is 2. The monoisotopic (exact) mass is 283 g/mol. The van der Waals surface area contributed by atoms with Crippen molar-refractivity contribution in [3.8, 4) is 11.1 Å². The molecule has 0 aliphatic heterocycles. The lowest BCUT2D eigenvalue weighted by molar-refractivity contribution is 1.41. The quantitative estimate of drug-likeness (QED) is 0.633. The molecule has 0 unspecified atom stereocenters. The highest BCUT2D eigenvalue weighted by molar-refractivity contribution is 9.10. The number of pyridine rings is 1. The molecule has 0 saturated carbocycles. The zero-order chi connectivity index (χ0) is 11.7. The van der Waals surface area contributed by atoms with Crippen molar-refractivity contribution in [1.29, 1.82) is 0 Å². The van der Waals surface area contributed by atoms with Crippen LogP contribution < -0.4 is 0 Å². The SMILES string of the molecule is Brc1ccccc1-c1cccc2cccnc12. The molecule has 1 aromatic heterocycles. The van der Waals surface area contributed by atoms with Crippen LogP contribution in [0, 0.1) is 0 Å². The van der Waals surface area contributed by atoms with Crippen molar-refractivity contribution in [2.45, 2.75) is 0 Å². The Morgan fingerprint density at radius 1 is 0.765 bits per heavy atom. The van der Waals surface area contributed by atoms with Crippen LogP contribution in [0.4, 0.5) is 0 Å². The molecule has 1 nitrogen and oxygen atoms in total. The Kier molecular flexibility index (Phi) is 2.65.